The molecule has 7 nitrogen and oxygen atoms in total. The first-order chi connectivity index (χ1) is 20.0. The highest BCUT2D eigenvalue weighted by atomic mass is 35.5. The van der Waals surface area contributed by atoms with E-state index in [-0.39, 0.29) is 34.5 Å². The van der Waals surface area contributed by atoms with Gasteiger partial charge in [-0.25, -0.2) is 13.1 Å². The van der Waals surface area contributed by atoms with Crippen molar-refractivity contribution in [1.29, 1.82) is 0 Å². The Bertz CT molecular complexity index is 1460. The molecule has 226 valence electrons. The summed E-state index contributed by atoms with van der Waals surface area (Å²) in [5, 5.41) is 11.5. The molecule has 0 aromatic heterocycles. The summed E-state index contributed by atoms with van der Waals surface area (Å²) in [5.74, 6) is -0.0713. The van der Waals surface area contributed by atoms with Crippen LogP contribution in [0.5, 0.6) is 5.75 Å². The first kappa shape index (κ1) is 30.6. The Labute approximate surface area is 254 Å². The molecule has 1 amide bonds. The Morgan fingerprint density at radius 2 is 2.07 bits per heavy atom. The molecule has 5 atom stereocenters. The third kappa shape index (κ3) is 6.41. The molecular weight excluding hydrogens is 572 g/mol. The first-order valence-electron chi connectivity index (χ1n) is 14.8. The number of hydrogen-bond donors (Lipinski definition) is 2. The van der Waals surface area contributed by atoms with Gasteiger partial charge in [0.25, 0.3) is 5.91 Å². The molecule has 1 saturated carbocycles. The zero-order chi connectivity index (χ0) is 30.1. The number of aliphatic hydroxyl groups is 1. The summed E-state index contributed by atoms with van der Waals surface area (Å²) in [4.78, 5) is 15.5. The number of allylic oxidation sites excluding steroid dienone is 1. The normalized spacial score (nSPS) is 24.7. The highest BCUT2D eigenvalue weighted by Crippen LogP contribution is 2.46. The van der Waals surface area contributed by atoms with E-state index in [0.29, 0.717) is 31.9 Å². The number of fused-ring (bicyclic) bond motifs is 3. The van der Waals surface area contributed by atoms with Gasteiger partial charge in [-0.1, -0.05) is 36.7 Å². The number of nitrogens with one attached hydrogen (secondary N) is 1. The molecule has 1 spiro atoms. The molecule has 9 heteroatoms. The lowest BCUT2D eigenvalue weighted by molar-refractivity contribution is 0.0178. The average molecular weight is 613 g/mol. The minimum Gasteiger partial charge on any atom is -0.490 e. The lowest BCUT2D eigenvalue weighted by Crippen LogP contribution is -2.49. The smallest absolute Gasteiger partial charge is 0.264 e. The standard InChI is InChI=1S/C33H41ClN2O5S/c1-4-7-30(37)27-12-9-25(27)18-36-20-33(15-6-8-23-16-26(34)11-13-28(23)33)21-41-31-14-10-24(17-29(31)36)32(38)35-42(39,40)19-22(3)5-2/h4-5,10-11,13-14,16-17,22,25,27,30,37H,1-2,6-9,12,15,18-21H2,3H3,(H,35,38)/t22-,25+,27-,30+,33+/m1/s1. The monoisotopic (exact) mass is 612 g/mol. The van der Waals surface area contributed by atoms with Crippen LogP contribution in [-0.4, -0.2) is 51.0 Å². The van der Waals surface area contributed by atoms with Gasteiger partial charge in [0, 0.05) is 29.1 Å². The maximum atomic E-state index is 13.2. The van der Waals surface area contributed by atoms with E-state index in [1.54, 1.807) is 37.3 Å². The zero-order valence-corrected chi connectivity index (χ0v) is 25.8. The fourth-order valence-electron chi connectivity index (χ4n) is 6.87. The van der Waals surface area contributed by atoms with Crippen molar-refractivity contribution in [3.05, 3.63) is 83.4 Å². The Hall–Kier alpha value is -2.81. The van der Waals surface area contributed by atoms with Crippen LogP contribution in [0.4, 0.5) is 5.69 Å². The predicted molar refractivity (Wildman–Crippen MR) is 168 cm³/mol. The van der Waals surface area contributed by atoms with Gasteiger partial charge in [-0.2, -0.15) is 0 Å². The topological polar surface area (TPSA) is 95.9 Å². The van der Waals surface area contributed by atoms with Crippen LogP contribution in [0.25, 0.3) is 0 Å². The fourth-order valence-corrected chi connectivity index (χ4v) is 8.37. The Balaban J connectivity index is 1.49. The molecule has 2 N–H and O–H groups in total. The van der Waals surface area contributed by atoms with Crippen LogP contribution >= 0.6 is 11.6 Å². The Morgan fingerprint density at radius 1 is 1.26 bits per heavy atom. The fraction of sp³-hybridized carbons (Fsp3) is 0.485. The maximum Gasteiger partial charge on any atom is 0.264 e. The third-order valence-corrected chi connectivity index (χ3v) is 11.0. The number of aliphatic hydroxyl groups excluding tert-OH is 1. The first-order valence-corrected chi connectivity index (χ1v) is 16.8. The molecule has 1 aliphatic heterocycles. The van der Waals surface area contributed by atoms with Crippen LogP contribution in [0.3, 0.4) is 0 Å². The lowest BCUT2D eigenvalue weighted by Gasteiger charge is -2.45. The molecule has 1 fully saturated rings. The summed E-state index contributed by atoms with van der Waals surface area (Å²) in [6, 6.07) is 11.3. The minimum atomic E-state index is -3.84. The second-order valence-electron chi connectivity index (χ2n) is 12.3. The summed E-state index contributed by atoms with van der Waals surface area (Å²) < 4.78 is 34.0. The van der Waals surface area contributed by atoms with Gasteiger partial charge in [-0.05, 0) is 97.7 Å². The minimum absolute atomic E-state index is 0.174. The van der Waals surface area contributed by atoms with E-state index in [1.165, 1.54) is 11.1 Å². The molecule has 3 aliphatic rings. The molecule has 1 heterocycles. The van der Waals surface area contributed by atoms with E-state index >= 15 is 0 Å². The molecule has 5 rings (SSSR count). The van der Waals surface area contributed by atoms with Crippen LogP contribution in [0, 0.1) is 17.8 Å². The second-order valence-corrected chi connectivity index (χ2v) is 14.5. The number of nitrogens with zero attached hydrogens (tertiary/aromatic N) is 1. The number of rotatable bonds is 10. The SMILES string of the molecule is C=CC[C@H](O)[C@@H]1CC[C@H]1CN1C[C@@]2(CCCc3cc(Cl)ccc32)COc2ccc(C(=O)NS(=O)(=O)C[C@H](C)C=C)cc21. The average Bonchev–Trinajstić information content (AvgIpc) is 3.07. The quantitative estimate of drug-likeness (QED) is 0.336. The molecule has 0 bridgehead atoms. The maximum absolute atomic E-state index is 13.2. The molecule has 0 radical (unpaired) electrons. The molecule has 42 heavy (non-hydrogen) atoms. The van der Waals surface area contributed by atoms with Gasteiger partial charge in [-0.15, -0.1) is 13.2 Å². The van der Waals surface area contributed by atoms with Crippen molar-refractivity contribution in [3.8, 4) is 5.75 Å². The van der Waals surface area contributed by atoms with Crippen molar-refractivity contribution < 1.29 is 23.1 Å². The van der Waals surface area contributed by atoms with Gasteiger partial charge in [0.15, 0.2) is 0 Å². The highest BCUT2D eigenvalue weighted by molar-refractivity contribution is 7.90. The van der Waals surface area contributed by atoms with Crippen molar-refractivity contribution in [1.82, 2.24) is 4.72 Å². The van der Waals surface area contributed by atoms with Crippen molar-refractivity contribution in [3.63, 3.8) is 0 Å². The van der Waals surface area contributed by atoms with E-state index in [9.17, 15) is 18.3 Å². The number of benzene rings is 2. The summed E-state index contributed by atoms with van der Waals surface area (Å²) in [5.41, 5.74) is 3.23. The summed E-state index contributed by atoms with van der Waals surface area (Å²) in [6.07, 6.45) is 8.34. The largest absolute Gasteiger partial charge is 0.490 e. The number of carbonyl (C=O) groups is 1. The van der Waals surface area contributed by atoms with Crippen LogP contribution in [0.1, 0.15) is 60.5 Å². The van der Waals surface area contributed by atoms with Crippen LogP contribution < -0.4 is 14.4 Å². The molecule has 0 saturated heterocycles. The number of ether oxygens (including phenoxy) is 1. The molecule has 0 unspecified atom stereocenters. The molecule has 2 aromatic rings. The Morgan fingerprint density at radius 3 is 2.79 bits per heavy atom. The van der Waals surface area contributed by atoms with Crippen LogP contribution in [0.2, 0.25) is 5.02 Å². The van der Waals surface area contributed by atoms with Crippen molar-refractivity contribution in [2.24, 2.45) is 17.8 Å². The van der Waals surface area contributed by atoms with Gasteiger partial charge in [-0.3, -0.25) is 4.79 Å². The van der Waals surface area contributed by atoms with Crippen LogP contribution in [0.15, 0.2) is 61.7 Å². The molecule has 2 aromatic carbocycles. The van der Waals surface area contributed by atoms with Crippen molar-refractivity contribution >= 4 is 33.2 Å². The predicted octanol–water partition coefficient (Wildman–Crippen LogP) is 5.66. The Kier molecular flexibility index (Phi) is 9.07. The number of amides is 1. The number of hydrogen-bond acceptors (Lipinski definition) is 6. The highest BCUT2D eigenvalue weighted by Gasteiger charge is 2.44. The number of carbonyl (C=O) groups excluding carboxylic acids is 1. The van der Waals surface area contributed by atoms with Crippen molar-refractivity contribution in [2.75, 3.05) is 30.3 Å². The van der Waals surface area contributed by atoms with E-state index in [1.807, 2.05) is 6.07 Å². The van der Waals surface area contributed by atoms with Crippen molar-refractivity contribution in [2.45, 2.75) is 57.0 Å². The molecular formula is C33H41ClN2O5S. The second kappa shape index (κ2) is 12.4. The van der Waals surface area contributed by atoms with E-state index in [0.717, 1.165) is 42.8 Å². The number of anilines is 1. The molecule has 2 aliphatic carbocycles. The third-order valence-electron chi connectivity index (χ3n) is 9.27. The number of aryl methyl sites for hydroxylation is 1. The number of sulfonamides is 1. The summed E-state index contributed by atoms with van der Waals surface area (Å²) >= 11 is 6.38. The van der Waals surface area contributed by atoms with E-state index < -0.39 is 22.0 Å². The lowest BCUT2D eigenvalue weighted by atomic mass is 9.68. The van der Waals surface area contributed by atoms with Gasteiger partial charge in [0.05, 0.1) is 24.2 Å². The summed E-state index contributed by atoms with van der Waals surface area (Å²) in [7, 11) is -3.84. The zero-order valence-electron chi connectivity index (χ0n) is 24.2. The van der Waals surface area contributed by atoms with Crippen LogP contribution in [-0.2, 0) is 21.9 Å². The van der Waals surface area contributed by atoms with Gasteiger partial charge in [0.2, 0.25) is 10.0 Å². The van der Waals surface area contributed by atoms with E-state index in [4.69, 9.17) is 16.3 Å². The number of halogens is 1. The summed E-state index contributed by atoms with van der Waals surface area (Å²) in [6.45, 7) is 11.0. The van der Waals surface area contributed by atoms with Gasteiger partial charge in [0.1, 0.15) is 5.75 Å². The van der Waals surface area contributed by atoms with Gasteiger partial charge < -0.3 is 14.7 Å². The van der Waals surface area contributed by atoms with E-state index in [2.05, 4.69) is 34.9 Å². The van der Waals surface area contributed by atoms with Gasteiger partial charge >= 0.3 is 0 Å².